The van der Waals surface area contributed by atoms with Gasteiger partial charge in [-0.3, -0.25) is 19.2 Å². The van der Waals surface area contributed by atoms with Crippen LogP contribution in [-0.2, 0) is 9.59 Å². The van der Waals surface area contributed by atoms with Crippen LogP contribution >= 0.6 is 0 Å². The number of amides is 4. The smallest absolute Gasteiger partial charge is 0.254 e. The molecular weight excluding hydrogens is 432 g/mol. The molecule has 0 bridgehead atoms. The standard InChI is InChI=1S/C26H26N4O4/c27-23(31)16-28-24(32)18-8-10-20(11-9-18)29-25(33)19-12-14-30(15-13-19)26(34)22-7-3-5-17-4-1-2-6-21(17)22/h1-11,19H,12-16H2,(H2,27,31)(H,28,32)(H,29,33). The van der Waals surface area contributed by atoms with Gasteiger partial charge in [0, 0.05) is 35.8 Å². The summed E-state index contributed by atoms with van der Waals surface area (Å²) >= 11 is 0. The fourth-order valence-electron chi connectivity index (χ4n) is 4.15. The van der Waals surface area contributed by atoms with E-state index >= 15 is 0 Å². The Morgan fingerprint density at radius 2 is 1.56 bits per heavy atom. The topological polar surface area (TPSA) is 122 Å². The molecule has 174 valence electrons. The zero-order valence-electron chi connectivity index (χ0n) is 18.6. The van der Waals surface area contributed by atoms with E-state index in [1.54, 1.807) is 24.3 Å². The number of rotatable bonds is 6. The molecule has 0 saturated carbocycles. The summed E-state index contributed by atoms with van der Waals surface area (Å²) in [5, 5.41) is 7.25. The largest absolute Gasteiger partial charge is 0.368 e. The summed E-state index contributed by atoms with van der Waals surface area (Å²) in [6, 6.07) is 20.0. The van der Waals surface area contributed by atoms with Crippen molar-refractivity contribution in [3.8, 4) is 0 Å². The molecule has 0 aromatic heterocycles. The van der Waals surface area contributed by atoms with Crippen LogP contribution in [0.4, 0.5) is 5.69 Å². The van der Waals surface area contributed by atoms with Gasteiger partial charge in [0.05, 0.1) is 6.54 Å². The van der Waals surface area contributed by atoms with Gasteiger partial charge < -0.3 is 21.3 Å². The van der Waals surface area contributed by atoms with Crippen LogP contribution in [0.2, 0.25) is 0 Å². The van der Waals surface area contributed by atoms with Crippen molar-refractivity contribution < 1.29 is 19.2 Å². The van der Waals surface area contributed by atoms with Crippen LogP contribution in [0.1, 0.15) is 33.6 Å². The Labute approximate surface area is 197 Å². The summed E-state index contributed by atoms with van der Waals surface area (Å²) in [6.45, 7) is 0.789. The Bertz CT molecular complexity index is 1230. The number of carbonyl (C=O) groups is 4. The molecule has 3 aromatic carbocycles. The number of hydrogen-bond acceptors (Lipinski definition) is 4. The van der Waals surface area contributed by atoms with E-state index in [0.29, 0.717) is 42.7 Å². The number of primary amides is 1. The molecule has 1 aliphatic rings. The summed E-state index contributed by atoms with van der Waals surface area (Å²) in [6.07, 6.45) is 1.16. The number of hydrogen-bond donors (Lipinski definition) is 3. The number of benzene rings is 3. The van der Waals surface area contributed by atoms with Gasteiger partial charge in [0.1, 0.15) is 0 Å². The normalized spacial score (nSPS) is 13.9. The molecule has 34 heavy (non-hydrogen) atoms. The lowest BCUT2D eigenvalue weighted by molar-refractivity contribution is -0.121. The van der Waals surface area contributed by atoms with Gasteiger partial charge in [-0.05, 0) is 53.9 Å². The molecule has 0 radical (unpaired) electrons. The fraction of sp³-hybridized carbons (Fsp3) is 0.231. The Morgan fingerprint density at radius 1 is 0.882 bits per heavy atom. The van der Waals surface area contributed by atoms with Crippen LogP contribution < -0.4 is 16.4 Å². The van der Waals surface area contributed by atoms with E-state index in [1.807, 2.05) is 47.4 Å². The van der Waals surface area contributed by atoms with Gasteiger partial charge in [-0.15, -0.1) is 0 Å². The first-order valence-electron chi connectivity index (χ1n) is 11.2. The Kier molecular flexibility index (Phi) is 6.87. The maximum Gasteiger partial charge on any atom is 0.254 e. The molecule has 8 nitrogen and oxygen atoms in total. The third kappa shape index (κ3) is 5.23. The monoisotopic (exact) mass is 458 g/mol. The summed E-state index contributed by atoms with van der Waals surface area (Å²) < 4.78 is 0. The lowest BCUT2D eigenvalue weighted by Gasteiger charge is -2.31. The second-order valence-corrected chi connectivity index (χ2v) is 8.31. The highest BCUT2D eigenvalue weighted by molar-refractivity contribution is 6.07. The molecule has 0 spiro atoms. The van der Waals surface area contributed by atoms with E-state index < -0.39 is 11.8 Å². The number of anilines is 1. The first-order chi connectivity index (χ1) is 16.4. The van der Waals surface area contributed by atoms with Crippen molar-refractivity contribution in [1.29, 1.82) is 0 Å². The van der Waals surface area contributed by atoms with Crippen molar-refractivity contribution in [2.45, 2.75) is 12.8 Å². The maximum absolute atomic E-state index is 13.1. The predicted molar refractivity (Wildman–Crippen MR) is 129 cm³/mol. The number of likely N-dealkylation sites (tertiary alicyclic amines) is 1. The van der Waals surface area contributed by atoms with Gasteiger partial charge >= 0.3 is 0 Å². The van der Waals surface area contributed by atoms with Gasteiger partial charge in [-0.25, -0.2) is 0 Å². The molecule has 4 rings (SSSR count). The Balaban J connectivity index is 1.32. The Morgan fingerprint density at radius 3 is 2.26 bits per heavy atom. The molecule has 1 fully saturated rings. The van der Waals surface area contributed by atoms with E-state index in [-0.39, 0.29) is 24.3 Å². The minimum Gasteiger partial charge on any atom is -0.368 e. The van der Waals surface area contributed by atoms with Crippen LogP contribution in [0, 0.1) is 5.92 Å². The molecule has 0 unspecified atom stereocenters. The zero-order chi connectivity index (χ0) is 24.1. The van der Waals surface area contributed by atoms with Crippen molar-refractivity contribution in [3.63, 3.8) is 0 Å². The number of nitrogens with zero attached hydrogens (tertiary/aromatic N) is 1. The fourth-order valence-corrected chi connectivity index (χ4v) is 4.15. The molecule has 0 aliphatic carbocycles. The van der Waals surface area contributed by atoms with Gasteiger partial charge in [0.2, 0.25) is 11.8 Å². The van der Waals surface area contributed by atoms with Gasteiger partial charge in [0.25, 0.3) is 11.8 Å². The summed E-state index contributed by atoms with van der Waals surface area (Å²) in [5.41, 5.74) is 6.64. The highest BCUT2D eigenvalue weighted by Crippen LogP contribution is 2.24. The predicted octanol–water partition coefficient (Wildman–Crippen LogP) is 2.55. The molecule has 3 aromatic rings. The Hall–Kier alpha value is -4.20. The summed E-state index contributed by atoms with van der Waals surface area (Å²) in [4.78, 5) is 50.4. The molecule has 0 atom stereocenters. The van der Waals surface area contributed by atoms with Crippen molar-refractivity contribution in [2.24, 2.45) is 11.7 Å². The second kappa shape index (κ2) is 10.2. The number of nitrogens with one attached hydrogen (secondary N) is 2. The van der Waals surface area contributed by atoms with E-state index in [4.69, 9.17) is 5.73 Å². The van der Waals surface area contributed by atoms with E-state index in [1.165, 1.54) is 0 Å². The minimum absolute atomic E-state index is 0.0131. The molecule has 8 heteroatoms. The lowest BCUT2D eigenvalue weighted by atomic mass is 9.94. The minimum atomic E-state index is -0.623. The first-order valence-corrected chi connectivity index (χ1v) is 11.2. The van der Waals surface area contributed by atoms with E-state index in [0.717, 1.165) is 10.8 Å². The SMILES string of the molecule is NC(=O)CNC(=O)c1ccc(NC(=O)C2CCN(C(=O)c3cccc4ccccc34)CC2)cc1. The zero-order valence-corrected chi connectivity index (χ0v) is 18.6. The highest BCUT2D eigenvalue weighted by atomic mass is 16.2. The van der Waals surface area contributed by atoms with Crippen LogP contribution in [0.15, 0.2) is 66.7 Å². The molecule has 1 saturated heterocycles. The van der Waals surface area contributed by atoms with Gasteiger partial charge in [0.15, 0.2) is 0 Å². The number of carbonyl (C=O) groups excluding carboxylic acids is 4. The molecule has 1 heterocycles. The average molecular weight is 459 g/mol. The van der Waals surface area contributed by atoms with Crippen molar-refractivity contribution in [1.82, 2.24) is 10.2 Å². The number of fused-ring (bicyclic) bond motifs is 1. The quantitative estimate of drug-likeness (QED) is 0.525. The molecule has 1 aliphatic heterocycles. The van der Waals surface area contributed by atoms with Crippen molar-refractivity contribution >= 4 is 40.1 Å². The number of piperidine rings is 1. The van der Waals surface area contributed by atoms with Gasteiger partial charge in [-0.1, -0.05) is 36.4 Å². The maximum atomic E-state index is 13.1. The van der Waals surface area contributed by atoms with Crippen molar-refractivity contribution in [3.05, 3.63) is 77.9 Å². The summed E-state index contributed by atoms with van der Waals surface area (Å²) in [5.74, 6) is -1.36. The van der Waals surface area contributed by atoms with E-state index in [2.05, 4.69) is 10.6 Å². The third-order valence-corrected chi connectivity index (χ3v) is 6.01. The van der Waals surface area contributed by atoms with Crippen molar-refractivity contribution in [2.75, 3.05) is 25.0 Å². The van der Waals surface area contributed by atoms with Crippen LogP contribution in [-0.4, -0.2) is 48.2 Å². The third-order valence-electron chi connectivity index (χ3n) is 6.01. The first kappa shape index (κ1) is 23.0. The van der Waals surface area contributed by atoms with Crippen LogP contribution in [0.25, 0.3) is 10.8 Å². The summed E-state index contributed by atoms with van der Waals surface area (Å²) in [7, 11) is 0. The van der Waals surface area contributed by atoms with Crippen LogP contribution in [0.3, 0.4) is 0 Å². The lowest BCUT2D eigenvalue weighted by Crippen LogP contribution is -2.41. The van der Waals surface area contributed by atoms with E-state index in [9.17, 15) is 19.2 Å². The average Bonchev–Trinajstić information content (AvgIpc) is 2.87. The highest BCUT2D eigenvalue weighted by Gasteiger charge is 2.28. The second-order valence-electron chi connectivity index (χ2n) is 8.31. The molecular formula is C26H26N4O4. The van der Waals surface area contributed by atoms with Crippen LogP contribution in [0.5, 0.6) is 0 Å². The van der Waals surface area contributed by atoms with Gasteiger partial charge in [-0.2, -0.15) is 0 Å². The molecule has 4 amide bonds. The molecule has 4 N–H and O–H groups in total. The number of nitrogens with two attached hydrogens (primary N) is 1.